The third-order valence-electron chi connectivity index (χ3n) is 5.31. The van der Waals surface area contributed by atoms with Gasteiger partial charge < -0.3 is 14.4 Å². The Hall–Kier alpha value is -2.72. The first kappa shape index (κ1) is 24.9. The highest BCUT2D eigenvalue weighted by Gasteiger charge is 2.27. The Kier molecular flexibility index (Phi) is 7.58. The van der Waals surface area contributed by atoms with Gasteiger partial charge in [-0.1, -0.05) is 12.1 Å². The van der Waals surface area contributed by atoms with E-state index in [1.165, 1.54) is 18.4 Å². The maximum Gasteiger partial charge on any atom is 0.410 e. The van der Waals surface area contributed by atoms with Crippen LogP contribution in [0.1, 0.15) is 33.6 Å². The Morgan fingerprint density at radius 1 is 1.06 bits per heavy atom. The number of aromatic nitrogens is 2. The highest BCUT2D eigenvalue weighted by atomic mass is 32.2. The van der Waals surface area contributed by atoms with Gasteiger partial charge >= 0.3 is 12.1 Å². The average Bonchev–Trinajstić information content (AvgIpc) is 2.77. The molecular weight excluding hydrogens is 444 g/mol. The van der Waals surface area contributed by atoms with Gasteiger partial charge in [0.15, 0.2) is 0 Å². The number of likely N-dealkylation sites (tertiary alicyclic amines) is 1. The number of benzene rings is 1. The molecule has 10 heteroatoms. The van der Waals surface area contributed by atoms with E-state index >= 15 is 0 Å². The third kappa shape index (κ3) is 6.64. The summed E-state index contributed by atoms with van der Waals surface area (Å²) in [6.07, 6.45) is 4.71. The molecule has 3 rings (SSSR count). The average molecular weight is 477 g/mol. The van der Waals surface area contributed by atoms with Gasteiger partial charge in [-0.25, -0.2) is 27.5 Å². The van der Waals surface area contributed by atoms with Crippen molar-refractivity contribution in [3.8, 4) is 17.1 Å². The van der Waals surface area contributed by atoms with Crippen molar-refractivity contribution < 1.29 is 22.7 Å². The van der Waals surface area contributed by atoms with Gasteiger partial charge in [0.05, 0.1) is 11.5 Å². The largest absolute Gasteiger partial charge is 0.463 e. The molecule has 1 aliphatic heterocycles. The molecule has 1 aromatic heterocycles. The summed E-state index contributed by atoms with van der Waals surface area (Å²) in [5.74, 6) is 0.318. The summed E-state index contributed by atoms with van der Waals surface area (Å²) in [6, 6.07) is 6.89. The smallest absolute Gasteiger partial charge is 0.410 e. The van der Waals surface area contributed by atoms with Crippen LogP contribution < -0.4 is 4.74 Å². The molecule has 1 aliphatic rings. The summed E-state index contributed by atoms with van der Waals surface area (Å²) in [5.41, 5.74) is 1.09. The number of nitrogens with zero attached hydrogens (tertiary/aromatic N) is 4. The molecule has 1 saturated heterocycles. The molecule has 180 valence electrons. The lowest BCUT2D eigenvalue weighted by atomic mass is 9.98. The normalized spacial score (nSPS) is 15.5. The zero-order valence-electron chi connectivity index (χ0n) is 19.8. The summed E-state index contributed by atoms with van der Waals surface area (Å²) in [6.45, 7) is 7.35. The van der Waals surface area contributed by atoms with Crippen LogP contribution in [0.2, 0.25) is 0 Å². The zero-order chi connectivity index (χ0) is 24.2. The van der Waals surface area contributed by atoms with E-state index in [4.69, 9.17) is 9.47 Å². The number of carbonyl (C=O) groups excluding carboxylic acids is 1. The molecular formula is C23H32N4O5S. The first-order valence-electron chi connectivity index (χ1n) is 10.9. The van der Waals surface area contributed by atoms with Gasteiger partial charge in [-0.2, -0.15) is 0 Å². The fourth-order valence-electron chi connectivity index (χ4n) is 3.37. The number of rotatable bonds is 6. The van der Waals surface area contributed by atoms with E-state index in [9.17, 15) is 13.2 Å². The van der Waals surface area contributed by atoms with E-state index in [1.807, 2.05) is 20.8 Å². The Morgan fingerprint density at radius 3 is 2.15 bits per heavy atom. The Balaban J connectivity index is 1.50. The Morgan fingerprint density at radius 2 is 1.64 bits per heavy atom. The highest BCUT2D eigenvalue weighted by molar-refractivity contribution is 7.89. The number of carbonyl (C=O) groups is 1. The van der Waals surface area contributed by atoms with E-state index in [-0.39, 0.29) is 11.0 Å². The van der Waals surface area contributed by atoms with Crippen LogP contribution in [-0.2, 0) is 14.8 Å². The number of hydrogen-bond acceptors (Lipinski definition) is 7. The molecule has 0 unspecified atom stereocenters. The van der Waals surface area contributed by atoms with Crippen molar-refractivity contribution in [2.45, 2.75) is 44.1 Å². The highest BCUT2D eigenvalue weighted by Crippen LogP contribution is 2.23. The molecule has 0 bridgehead atoms. The van der Waals surface area contributed by atoms with Crippen molar-refractivity contribution in [1.29, 1.82) is 0 Å². The SMILES string of the molecule is CN(C)S(=O)(=O)c1ccc(-c2cnc(OCC3CCN(C(=O)OC(C)(C)C)CC3)nc2)cc1. The van der Waals surface area contributed by atoms with Gasteiger partial charge in [0.1, 0.15) is 5.60 Å². The van der Waals surface area contributed by atoms with Crippen molar-refractivity contribution in [3.63, 3.8) is 0 Å². The second-order valence-electron chi connectivity index (χ2n) is 9.29. The molecule has 1 fully saturated rings. The number of piperidine rings is 1. The Bertz CT molecular complexity index is 1040. The second kappa shape index (κ2) is 10.0. The van der Waals surface area contributed by atoms with Crippen molar-refractivity contribution in [1.82, 2.24) is 19.2 Å². The minimum atomic E-state index is -3.46. The summed E-state index contributed by atoms with van der Waals surface area (Å²) in [7, 11) is -0.463. The lowest BCUT2D eigenvalue weighted by Gasteiger charge is -2.33. The topological polar surface area (TPSA) is 102 Å². The third-order valence-corrected chi connectivity index (χ3v) is 7.14. The van der Waals surface area contributed by atoms with E-state index < -0.39 is 15.6 Å². The predicted molar refractivity (Wildman–Crippen MR) is 124 cm³/mol. The number of amides is 1. The molecule has 0 saturated carbocycles. The first-order valence-corrected chi connectivity index (χ1v) is 12.4. The van der Waals surface area contributed by atoms with Crippen LogP contribution in [0.5, 0.6) is 6.01 Å². The molecule has 9 nitrogen and oxygen atoms in total. The number of sulfonamides is 1. The van der Waals surface area contributed by atoms with E-state index in [0.29, 0.717) is 31.6 Å². The van der Waals surface area contributed by atoms with Gasteiger partial charge in [-0.05, 0) is 57.2 Å². The van der Waals surface area contributed by atoms with Gasteiger partial charge in [0.2, 0.25) is 10.0 Å². The predicted octanol–water partition coefficient (Wildman–Crippen LogP) is 3.42. The van der Waals surface area contributed by atoms with Crippen molar-refractivity contribution in [3.05, 3.63) is 36.7 Å². The monoisotopic (exact) mass is 476 g/mol. The number of hydrogen-bond donors (Lipinski definition) is 0. The van der Waals surface area contributed by atoms with Crippen LogP contribution >= 0.6 is 0 Å². The second-order valence-corrected chi connectivity index (χ2v) is 11.4. The van der Waals surface area contributed by atoms with Crippen LogP contribution in [0, 0.1) is 5.92 Å². The summed E-state index contributed by atoms with van der Waals surface area (Å²) >= 11 is 0. The fourth-order valence-corrected chi connectivity index (χ4v) is 4.27. The van der Waals surface area contributed by atoms with Crippen LogP contribution in [0.25, 0.3) is 11.1 Å². The fraction of sp³-hybridized carbons (Fsp3) is 0.522. The molecule has 2 aromatic rings. The first-order chi connectivity index (χ1) is 15.5. The van der Waals surface area contributed by atoms with E-state index in [2.05, 4.69) is 9.97 Å². The van der Waals surface area contributed by atoms with Gasteiger partial charge in [0, 0.05) is 45.1 Å². The molecule has 1 amide bonds. The number of ether oxygens (including phenoxy) is 2. The van der Waals surface area contributed by atoms with Crippen LogP contribution in [0.4, 0.5) is 4.79 Å². The molecule has 0 aliphatic carbocycles. The summed E-state index contributed by atoms with van der Waals surface area (Å²) in [5, 5.41) is 0. The molecule has 0 radical (unpaired) electrons. The molecule has 0 atom stereocenters. The van der Waals surface area contributed by atoms with Crippen molar-refractivity contribution >= 4 is 16.1 Å². The van der Waals surface area contributed by atoms with Crippen LogP contribution in [-0.4, -0.2) is 73.1 Å². The molecule has 33 heavy (non-hydrogen) atoms. The van der Waals surface area contributed by atoms with Crippen LogP contribution in [0.15, 0.2) is 41.6 Å². The van der Waals surface area contributed by atoms with Crippen LogP contribution in [0.3, 0.4) is 0 Å². The maximum atomic E-state index is 12.2. The quantitative estimate of drug-likeness (QED) is 0.629. The molecule has 0 spiro atoms. The molecule has 1 aromatic carbocycles. The minimum Gasteiger partial charge on any atom is -0.463 e. The lowest BCUT2D eigenvalue weighted by Crippen LogP contribution is -2.42. The molecule has 2 heterocycles. The maximum absolute atomic E-state index is 12.2. The van der Waals surface area contributed by atoms with Gasteiger partial charge in [-0.3, -0.25) is 0 Å². The summed E-state index contributed by atoms with van der Waals surface area (Å²) < 4.78 is 36.8. The lowest BCUT2D eigenvalue weighted by molar-refractivity contribution is 0.0163. The van der Waals surface area contributed by atoms with Crippen molar-refractivity contribution in [2.24, 2.45) is 5.92 Å². The van der Waals surface area contributed by atoms with Gasteiger partial charge in [0.25, 0.3) is 0 Å². The molecule has 0 N–H and O–H groups in total. The minimum absolute atomic E-state index is 0.231. The summed E-state index contributed by atoms with van der Waals surface area (Å²) in [4.78, 5) is 22.7. The van der Waals surface area contributed by atoms with Gasteiger partial charge in [-0.15, -0.1) is 0 Å². The van der Waals surface area contributed by atoms with E-state index in [0.717, 1.165) is 24.0 Å². The van der Waals surface area contributed by atoms with Crippen molar-refractivity contribution in [2.75, 3.05) is 33.8 Å². The Labute approximate surface area is 195 Å². The van der Waals surface area contributed by atoms with E-state index in [1.54, 1.807) is 41.6 Å². The standard InChI is InChI=1S/C23H32N4O5S/c1-23(2,3)32-22(28)27-12-10-17(11-13-27)16-31-21-24-14-19(15-25-21)18-6-8-20(9-7-18)33(29,30)26(4)5/h6-9,14-15,17H,10-13,16H2,1-5H3. The zero-order valence-corrected chi connectivity index (χ0v) is 20.6.